The number of alkyl halides is 1. The van der Waals surface area contributed by atoms with Gasteiger partial charge in [-0.15, -0.1) is 0 Å². The molecule has 0 spiro atoms. The third-order valence-corrected chi connectivity index (χ3v) is 7.85. The Hall–Kier alpha value is -2.00. The molecule has 0 aliphatic carbocycles. The third-order valence-electron chi connectivity index (χ3n) is 3.47. The van der Waals surface area contributed by atoms with Crippen molar-refractivity contribution in [2.45, 2.75) is 6.92 Å². The van der Waals surface area contributed by atoms with Gasteiger partial charge in [-0.05, 0) is 0 Å². The predicted molar refractivity (Wildman–Crippen MR) is 137 cm³/mol. The van der Waals surface area contributed by atoms with Crippen molar-refractivity contribution in [2.75, 3.05) is 18.5 Å². The standard InChI is InChI=1S/C22H27BrFIN4/c1-6-8-9-12-15-25(7-2)28-22(29(5)27-17-18(3)23)16-21(26-4)19-13-10-11-14-20(19)24/h6,8-17,28H,1,3,7H2,2,4-5H3/b9-8-,15-12-,22-16-,26-21+,27-17-. The van der Waals surface area contributed by atoms with Crippen molar-refractivity contribution in [3.63, 3.8) is 0 Å². The second-order valence-electron chi connectivity index (χ2n) is 5.53. The van der Waals surface area contributed by atoms with Gasteiger partial charge in [-0.3, -0.25) is 0 Å². The number of hydrogen-bond donors (Lipinski definition) is 1. The van der Waals surface area contributed by atoms with Gasteiger partial charge < -0.3 is 0 Å². The van der Waals surface area contributed by atoms with Crippen LogP contribution in [0.25, 0.3) is 0 Å². The average Bonchev–Trinajstić information content (AvgIpc) is 2.71. The van der Waals surface area contributed by atoms with Gasteiger partial charge in [0.25, 0.3) is 0 Å². The molecule has 0 heterocycles. The first-order valence-corrected chi connectivity index (χ1v) is 13.5. The molecule has 1 aromatic carbocycles. The number of halogens is 3. The molecule has 156 valence electrons. The van der Waals surface area contributed by atoms with Gasteiger partial charge in [0.15, 0.2) is 0 Å². The average molecular weight is 573 g/mol. The first kappa shape index (κ1) is 25.0. The van der Waals surface area contributed by atoms with Crippen molar-refractivity contribution in [1.82, 2.24) is 8.54 Å². The van der Waals surface area contributed by atoms with Crippen LogP contribution in [0.3, 0.4) is 0 Å². The molecule has 0 atom stereocenters. The van der Waals surface area contributed by atoms with E-state index in [4.69, 9.17) is 0 Å². The van der Waals surface area contributed by atoms with E-state index in [1.807, 2.05) is 31.4 Å². The molecule has 29 heavy (non-hydrogen) atoms. The zero-order chi connectivity index (χ0) is 21.6. The second kappa shape index (κ2) is 14.1. The molecule has 0 unspecified atom stereocenters. The molecule has 0 aliphatic rings. The first-order chi connectivity index (χ1) is 13.9. The Morgan fingerprint density at radius 1 is 1.31 bits per heavy atom. The number of nitrogens with one attached hydrogen (secondary N) is 1. The van der Waals surface area contributed by atoms with E-state index in [-0.39, 0.29) is 5.82 Å². The summed E-state index contributed by atoms with van der Waals surface area (Å²) in [5, 5.41) is 6.08. The molecule has 0 saturated carbocycles. The van der Waals surface area contributed by atoms with E-state index in [1.54, 1.807) is 42.5 Å². The predicted octanol–water partition coefficient (Wildman–Crippen LogP) is 6.20. The Kier molecular flexibility index (Phi) is 12.1. The summed E-state index contributed by atoms with van der Waals surface area (Å²) in [5.74, 6) is 0.423. The van der Waals surface area contributed by atoms with Crippen molar-refractivity contribution in [1.29, 1.82) is 0 Å². The van der Waals surface area contributed by atoms with Gasteiger partial charge in [0, 0.05) is 0 Å². The molecule has 1 N–H and O–H groups in total. The summed E-state index contributed by atoms with van der Waals surface area (Å²) in [6, 6.07) is 6.60. The number of allylic oxidation sites excluding steroid dienone is 6. The molecule has 0 saturated heterocycles. The molecule has 0 fully saturated rings. The third kappa shape index (κ3) is 9.36. The van der Waals surface area contributed by atoms with Crippen LogP contribution in [0.5, 0.6) is 0 Å². The molecule has 7 heteroatoms. The van der Waals surface area contributed by atoms with Crippen molar-refractivity contribution in [3.8, 4) is 0 Å². The van der Waals surface area contributed by atoms with Crippen molar-refractivity contribution in [2.24, 2.45) is 10.1 Å². The summed E-state index contributed by atoms with van der Waals surface area (Å²) >= 11 is 1.60. The van der Waals surface area contributed by atoms with E-state index in [1.165, 1.54) is 6.07 Å². The number of rotatable bonds is 11. The molecule has 1 aromatic rings. The Bertz CT molecular complexity index is 843. The summed E-state index contributed by atoms with van der Waals surface area (Å²) in [6.45, 7) is 9.59. The van der Waals surface area contributed by atoms with Crippen LogP contribution >= 0.6 is 36.0 Å². The molecule has 4 nitrogen and oxygen atoms in total. The monoisotopic (exact) mass is 572 g/mol. The van der Waals surface area contributed by atoms with E-state index < -0.39 is 20.1 Å². The van der Waals surface area contributed by atoms with E-state index in [2.05, 4.69) is 53.7 Å². The summed E-state index contributed by atoms with van der Waals surface area (Å²) in [4.78, 5) is 4.29. The normalized spacial score (nSPS) is 13.3. The van der Waals surface area contributed by atoms with Gasteiger partial charge >= 0.3 is 190 Å². The summed E-state index contributed by atoms with van der Waals surface area (Å²) in [6.07, 6.45) is 11.0. The van der Waals surface area contributed by atoms with Crippen LogP contribution in [0.15, 0.2) is 92.3 Å². The van der Waals surface area contributed by atoms with Gasteiger partial charge in [0.05, 0.1) is 0 Å². The minimum atomic E-state index is -1.67. The number of nitrogens with zero attached hydrogens (tertiary/aromatic N) is 3. The number of hydrogen-bond acceptors (Lipinski definition) is 4. The molecule has 1 rings (SSSR count). The molecular formula is C22H27BrFIN4. The Balaban J connectivity index is 3.28. The summed E-state index contributed by atoms with van der Waals surface area (Å²) in [5.41, 5.74) is 0.977. The molecular weight excluding hydrogens is 546 g/mol. The van der Waals surface area contributed by atoms with Crippen LogP contribution in [0.2, 0.25) is 0 Å². The van der Waals surface area contributed by atoms with Crippen LogP contribution in [0.1, 0.15) is 12.5 Å². The van der Waals surface area contributed by atoms with Gasteiger partial charge in [-0.25, -0.2) is 0 Å². The summed E-state index contributed by atoms with van der Waals surface area (Å²) < 4.78 is 21.7. The van der Waals surface area contributed by atoms with Gasteiger partial charge in [0.1, 0.15) is 0 Å². The Labute approximate surface area is 189 Å². The topological polar surface area (TPSA) is 40.0 Å². The minimum absolute atomic E-state index is 0.316. The maximum atomic E-state index is 14.3. The van der Waals surface area contributed by atoms with Crippen molar-refractivity contribution >= 4 is 47.9 Å². The zero-order valence-corrected chi connectivity index (χ0v) is 20.7. The van der Waals surface area contributed by atoms with E-state index in [0.29, 0.717) is 15.8 Å². The van der Waals surface area contributed by atoms with Crippen LogP contribution in [0.4, 0.5) is 4.39 Å². The molecule has 0 aromatic heterocycles. The van der Waals surface area contributed by atoms with Gasteiger partial charge in [-0.2, -0.15) is 0 Å². The fourth-order valence-corrected chi connectivity index (χ4v) is 5.16. The maximum absolute atomic E-state index is 14.3. The van der Waals surface area contributed by atoms with Crippen LogP contribution in [-0.4, -0.2) is 35.5 Å². The van der Waals surface area contributed by atoms with Crippen LogP contribution in [-0.2, 0) is 0 Å². The molecule has 0 aliphatic heterocycles. The quantitative estimate of drug-likeness (QED) is 0.0856. The molecule has 0 bridgehead atoms. The van der Waals surface area contributed by atoms with E-state index >= 15 is 0 Å². The van der Waals surface area contributed by atoms with Crippen LogP contribution < -0.4 is 3.53 Å². The molecule has 0 radical (unpaired) electrons. The first-order valence-electron chi connectivity index (χ1n) is 8.85. The number of hydrazone groups is 1. The summed E-state index contributed by atoms with van der Waals surface area (Å²) in [7, 11) is 3.47. The fourth-order valence-electron chi connectivity index (χ4n) is 2.04. The van der Waals surface area contributed by atoms with Crippen molar-refractivity contribution < 1.29 is 4.39 Å². The Morgan fingerprint density at radius 3 is 2.62 bits per heavy atom. The Morgan fingerprint density at radius 2 is 2.03 bits per heavy atom. The van der Waals surface area contributed by atoms with E-state index in [9.17, 15) is 4.39 Å². The number of benzene rings is 1. The SMILES string of the molecule is C=C/C=C\C=C/I(CC)N/C(=C/C(=N\C)c1ccccc1F)N(C)/N=C\C(=C)Br. The van der Waals surface area contributed by atoms with Crippen molar-refractivity contribution in [3.05, 3.63) is 93.6 Å². The van der Waals surface area contributed by atoms with Gasteiger partial charge in [-0.1, -0.05) is 0 Å². The van der Waals surface area contributed by atoms with Crippen LogP contribution in [0, 0.1) is 5.82 Å². The van der Waals surface area contributed by atoms with Gasteiger partial charge in [0.2, 0.25) is 0 Å². The second-order valence-corrected chi connectivity index (χ2v) is 11.6. The zero-order valence-electron chi connectivity index (χ0n) is 16.9. The fraction of sp³-hybridized carbons (Fsp3) is 0.182. The van der Waals surface area contributed by atoms with E-state index in [0.717, 1.165) is 10.2 Å². The molecule has 0 amide bonds. The number of aliphatic imine (C=N–C) groups is 1.